The zero-order valence-electron chi connectivity index (χ0n) is 18.0. The molecule has 0 saturated heterocycles. The van der Waals surface area contributed by atoms with E-state index in [1.807, 2.05) is 17.6 Å². The first-order valence-corrected chi connectivity index (χ1v) is 11.1. The number of carbonyl (C=O) groups is 2. The summed E-state index contributed by atoms with van der Waals surface area (Å²) in [7, 11) is 0. The van der Waals surface area contributed by atoms with Crippen LogP contribution in [-0.2, 0) is 30.6 Å². The Morgan fingerprint density at radius 1 is 1.33 bits per heavy atom. The molecule has 1 unspecified atom stereocenters. The van der Waals surface area contributed by atoms with Gasteiger partial charge < -0.3 is 15.0 Å². The maximum Gasteiger partial charge on any atom is 0.337 e. The summed E-state index contributed by atoms with van der Waals surface area (Å²) in [6.07, 6.45) is 4.28. The van der Waals surface area contributed by atoms with Gasteiger partial charge in [-0.2, -0.15) is 0 Å². The minimum atomic E-state index is -1.07. The molecule has 1 aliphatic carbocycles. The van der Waals surface area contributed by atoms with Gasteiger partial charge in [-0.3, -0.25) is 9.36 Å². The van der Waals surface area contributed by atoms with Crippen molar-refractivity contribution in [3.05, 3.63) is 80.9 Å². The van der Waals surface area contributed by atoms with E-state index in [2.05, 4.69) is 5.32 Å². The van der Waals surface area contributed by atoms with Gasteiger partial charge in [-0.05, 0) is 66.7 Å². The second kappa shape index (κ2) is 9.27. The third-order valence-electron chi connectivity index (χ3n) is 6.14. The molecule has 33 heavy (non-hydrogen) atoms. The van der Waals surface area contributed by atoms with Gasteiger partial charge in [0.15, 0.2) is 4.77 Å². The molecule has 0 radical (unpaired) electrons. The Labute approximate surface area is 194 Å². The number of imidazole rings is 1. The van der Waals surface area contributed by atoms with E-state index >= 15 is 0 Å². The fraction of sp³-hybridized carbons (Fsp3) is 0.292. The van der Waals surface area contributed by atoms with Crippen LogP contribution in [0.5, 0.6) is 0 Å². The summed E-state index contributed by atoms with van der Waals surface area (Å²) in [5, 5.41) is 12.4. The van der Waals surface area contributed by atoms with Crippen molar-refractivity contribution in [3.8, 4) is 5.69 Å². The summed E-state index contributed by atoms with van der Waals surface area (Å²) in [6, 6.07) is 7.13. The van der Waals surface area contributed by atoms with Crippen molar-refractivity contribution in [3.63, 3.8) is 0 Å². The van der Waals surface area contributed by atoms with Crippen molar-refractivity contribution in [2.45, 2.75) is 45.2 Å². The highest BCUT2D eigenvalue weighted by atomic mass is 32.1. The molecule has 0 bridgehead atoms. The van der Waals surface area contributed by atoms with E-state index in [-0.39, 0.29) is 18.2 Å². The largest absolute Gasteiger partial charge is 0.478 e. The van der Waals surface area contributed by atoms with E-state index in [0.29, 0.717) is 59.4 Å². The monoisotopic (exact) mass is 471 g/mol. The number of benzene rings is 2. The number of hydrogen-bond acceptors (Lipinski definition) is 3. The van der Waals surface area contributed by atoms with Crippen LogP contribution in [0.15, 0.2) is 36.5 Å². The van der Waals surface area contributed by atoms with E-state index in [9.17, 15) is 23.5 Å². The Morgan fingerprint density at radius 3 is 2.82 bits per heavy atom. The minimum Gasteiger partial charge on any atom is -0.478 e. The summed E-state index contributed by atoms with van der Waals surface area (Å²) in [6.45, 7) is 2.11. The van der Waals surface area contributed by atoms with Crippen LogP contribution in [0.2, 0.25) is 0 Å². The molecule has 3 aromatic rings. The van der Waals surface area contributed by atoms with Crippen molar-refractivity contribution in [2.75, 3.05) is 0 Å². The maximum atomic E-state index is 14.2. The van der Waals surface area contributed by atoms with Crippen molar-refractivity contribution in [2.24, 2.45) is 0 Å². The molecule has 1 aliphatic rings. The van der Waals surface area contributed by atoms with Gasteiger partial charge in [-0.15, -0.1) is 0 Å². The van der Waals surface area contributed by atoms with Gasteiger partial charge in [0.1, 0.15) is 11.6 Å². The zero-order chi connectivity index (χ0) is 23.7. The first-order chi connectivity index (χ1) is 15.8. The Kier molecular flexibility index (Phi) is 6.42. The number of nitrogens with zero attached hydrogens (tertiary/aromatic N) is 2. The highest BCUT2D eigenvalue weighted by Crippen LogP contribution is 2.34. The molecular formula is C24H23F2N3O3S. The highest BCUT2D eigenvalue weighted by molar-refractivity contribution is 7.71. The van der Waals surface area contributed by atoms with Gasteiger partial charge in [-0.25, -0.2) is 13.6 Å². The van der Waals surface area contributed by atoms with Gasteiger partial charge in [0, 0.05) is 18.3 Å². The molecule has 0 aliphatic heterocycles. The molecule has 4 rings (SSSR count). The number of carboxylic acid groups (broad SMARTS) is 1. The molecule has 1 amide bonds. The number of aromatic carboxylic acids is 1. The molecule has 6 nitrogen and oxygen atoms in total. The summed E-state index contributed by atoms with van der Waals surface area (Å²) in [5.74, 6) is -2.24. The Morgan fingerprint density at radius 2 is 2.12 bits per heavy atom. The third kappa shape index (κ3) is 4.20. The number of nitrogens with one attached hydrogen (secondary N) is 1. The number of rotatable bonds is 7. The fourth-order valence-electron chi connectivity index (χ4n) is 4.67. The van der Waals surface area contributed by atoms with Crippen LogP contribution in [-0.4, -0.2) is 26.6 Å². The Hall–Kier alpha value is -3.33. The van der Waals surface area contributed by atoms with Crippen molar-refractivity contribution in [1.29, 1.82) is 0 Å². The van der Waals surface area contributed by atoms with Crippen LogP contribution in [0.25, 0.3) is 5.69 Å². The molecule has 1 aromatic heterocycles. The van der Waals surface area contributed by atoms with Crippen LogP contribution in [0.4, 0.5) is 8.78 Å². The zero-order valence-corrected chi connectivity index (χ0v) is 18.8. The number of carboxylic acids is 1. The van der Waals surface area contributed by atoms with Crippen molar-refractivity contribution < 1.29 is 23.5 Å². The lowest BCUT2D eigenvalue weighted by Gasteiger charge is -2.27. The van der Waals surface area contributed by atoms with Gasteiger partial charge >= 0.3 is 5.97 Å². The first kappa shape index (κ1) is 22.8. The van der Waals surface area contributed by atoms with Gasteiger partial charge in [0.05, 0.1) is 23.5 Å². The number of aryl methyl sites for hydroxylation is 1. The minimum absolute atomic E-state index is 0.121. The topological polar surface area (TPSA) is 76.3 Å². The Bertz CT molecular complexity index is 1300. The number of hydrogen-bond donors (Lipinski definition) is 2. The molecule has 2 aromatic carbocycles. The normalized spacial score (nSPS) is 15.2. The van der Waals surface area contributed by atoms with Crippen LogP contribution in [0, 0.1) is 16.4 Å². The molecule has 9 heteroatoms. The number of carbonyl (C=O) groups excluding carboxylic acids is 1. The standard InChI is InChI=1S/C24H23F2N3O3S/c1-2-14-4-3-5-20(23(31)32)22(14)28-12-18(11-27-13-30)29(24(28)33)17-6-7-19-15(9-17)8-16(25)10-21(19)26/h3-5,8,10,12-13,17H,2,6-7,9,11H2,1H3,(H,27,30)(H,31,32). The molecule has 1 atom stereocenters. The third-order valence-corrected chi connectivity index (χ3v) is 6.53. The first-order valence-electron chi connectivity index (χ1n) is 10.7. The van der Waals surface area contributed by atoms with E-state index in [1.165, 1.54) is 12.1 Å². The number of amides is 1. The van der Waals surface area contributed by atoms with Crippen LogP contribution in [0.3, 0.4) is 0 Å². The molecule has 0 spiro atoms. The molecule has 172 valence electrons. The van der Waals surface area contributed by atoms with Crippen LogP contribution in [0.1, 0.15) is 52.1 Å². The SMILES string of the molecule is CCc1cccc(C(=O)O)c1-n1cc(CNC=O)n(C2CCc3c(F)cc(F)cc3C2)c1=S. The molecule has 1 heterocycles. The predicted molar refractivity (Wildman–Crippen MR) is 121 cm³/mol. The lowest BCUT2D eigenvalue weighted by atomic mass is 9.87. The quantitative estimate of drug-likeness (QED) is 0.392. The average Bonchev–Trinajstić information content (AvgIpc) is 3.11. The number of aromatic nitrogens is 2. The predicted octanol–water partition coefficient (Wildman–Crippen LogP) is 4.52. The summed E-state index contributed by atoms with van der Waals surface area (Å²) < 4.78 is 32.0. The maximum absolute atomic E-state index is 14.2. The summed E-state index contributed by atoms with van der Waals surface area (Å²) >= 11 is 5.80. The lowest BCUT2D eigenvalue weighted by molar-refractivity contribution is -0.109. The molecule has 0 fully saturated rings. The molecule has 2 N–H and O–H groups in total. The highest BCUT2D eigenvalue weighted by Gasteiger charge is 2.27. The van der Waals surface area contributed by atoms with Crippen molar-refractivity contribution >= 4 is 24.6 Å². The van der Waals surface area contributed by atoms with Gasteiger partial charge in [-0.1, -0.05) is 19.1 Å². The summed E-state index contributed by atoms with van der Waals surface area (Å²) in [4.78, 5) is 23.0. The van der Waals surface area contributed by atoms with E-state index in [4.69, 9.17) is 12.2 Å². The molecular weight excluding hydrogens is 448 g/mol. The number of para-hydroxylation sites is 1. The smallest absolute Gasteiger partial charge is 0.337 e. The van der Waals surface area contributed by atoms with Crippen LogP contribution < -0.4 is 5.32 Å². The van der Waals surface area contributed by atoms with E-state index < -0.39 is 17.6 Å². The average molecular weight is 472 g/mol. The fourth-order valence-corrected chi connectivity index (χ4v) is 5.08. The van der Waals surface area contributed by atoms with Crippen LogP contribution >= 0.6 is 12.2 Å². The van der Waals surface area contributed by atoms with E-state index in [0.717, 1.165) is 11.6 Å². The van der Waals surface area contributed by atoms with Crippen molar-refractivity contribution in [1.82, 2.24) is 14.5 Å². The summed E-state index contributed by atoms with van der Waals surface area (Å²) in [5.41, 5.74) is 3.20. The number of halogens is 2. The lowest BCUT2D eigenvalue weighted by Crippen LogP contribution is -2.23. The second-order valence-electron chi connectivity index (χ2n) is 8.04. The van der Waals surface area contributed by atoms with E-state index in [1.54, 1.807) is 16.8 Å². The number of fused-ring (bicyclic) bond motifs is 1. The second-order valence-corrected chi connectivity index (χ2v) is 8.40. The Balaban J connectivity index is 1.87. The van der Waals surface area contributed by atoms with Gasteiger partial charge in [0.2, 0.25) is 6.41 Å². The molecule has 0 saturated carbocycles. The van der Waals surface area contributed by atoms with Gasteiger partial charge in [0.25, 0.3) is 0 Å².